The number of rotatable bonds is 6. The van der Waals surface area contributed by atoms with Crippen LogP contribution in [0.4, 0.5) is 0 Å². The average molecular weight is 270 g/mol. The number of benzene rings is 1. The molecule has 1 N–H and O–H groups in total. The van der Waals surface area contributed by atoms with E-state index in [0.717, 1.165) is 23.3 Å². The van der Waals surface area contributed by atoms with Gasteiger partial charge in [-0.2, -0.15) is 0 Å². The van der Waals surface area contributed by atoms with Crippen LogP contribution in [-0.4, -0.2) is 24.5 Å². The summed E-state index contributed by atoms with van der Waals surface area (Å²) in [5.74, 6) is 0.863. The summed E-state index contributed by atoms with van der Waals surface area (Å²) >= 11 is 0. The van der Waals surface area contributed by atoms with Crippen molar-refractivity contribution in [3.05, 3.63) is 59.9 Å². The fourth-order valence-corrected chi connectivity index (χ4v) is 2.00. The molecule has 0 saturated carbocycles. The van der Waals surface area contributed by atoms with E-state index in [1.165, 1.54) is 0 Å². The van der Waals surface area contributed by atoms with Crippen LogP contribution in [0.2, 0.25) is 0 Å². The van der Waals surface area contributed by atoms with Gasteiger partial charge in [-0.1, -0.05) is 24.3 Å². The lowest BCUT2D eigenvalue weighted by Gasteiger charge is -2.09. The highest BCUT2D eigenvalue weighted by Crippen LogP contribution is 2.17. The molecule has 0 bridgehead atoms. The van der Waals surface area contributed by atoms with Gasteiger partial charge >= 0.3 is 0 Å². The second kappa shape index (κ2) is 7.28. The number of ether oxygens (including phenoxy) is 1. The highest BCUT2D eigenvalue weighted by Gasteiger charge is 2.05. The van der Waals surface area contributed by atoms with Gasteiger partial charge in [-0.15, -0.1) is 0 Å². The molecule has 1 heterocycles. The topological polar surface area (TPSA) is 51.2 Å². The van der Waals surface area contributed by atoms with Gasteiger partial charge in [-0.25, -0.2) is 0 Å². The number of methoxy groups -OCH3 is 1. The van der Waals surface area contributed by atoms with Crippen molar-refractivity contribution in [2.24, 2.45) is 0 Å². The van der Waals surface area contributed by atoms with Crippen LogP contribution >= 0.6 is 0 Å². The van der Waals surface area contributed by atoms with Crippen LogP contribution < -0.4 is 10.1 Å². The van der Waals surface area contributed by atoms with Gasteiger partial charge < -0.3 is 10.1 Å². The predicted molar refractivity (Wildman–Crippen MR) is 77.6 cm³/mol. The number of hydrogen-bond donors (Lipinski definition) is 1. The predicted octanol–water partition coefficient (Wildman–Crippen LogP) is 1.99. The maximum absolute atomic E-state index is 11.8. The Hall–Kier alpha value is -2.36. The second-order valence-corrected chi connectivity index (χ2v) is 4.45. The standard InChI is InChI=1S/C16H18N2O2/c1-20-15-7-3-2-6-14(15)8-10-18-16(19)11-13-5-4-9-17-12-13/h2-7,9,12H,8,10-11H2,1H3,(H,18,19). The van der Waals surface area contributed by atoms with Crippen molar-refractivity contribution in [2.45, 2.75) is 12.8 Å². The molecule has 0 aliphatic carbocycles. The Labute approximate surface area is 118 Å². The van der Waals surface area contributed by atoms with Crippen LogP contribution in [-0.2, 0) is 17.6 Å². The average Bonchev–Trinajstić information content (AvgIpc) is 2.49. The first-order chi connectivity index (χ1) is 9.79. The lowest BCUT2D eigenvalue weighted by Crippen LogP contribution is -2.27. The smallest absolute Gasteiger partial charge is 0.224 e. The van der Waals surface area contributed by atoms with E-state index in [4.69, 9.17) is 4.74 Å². The fraction of sp³-hybridized carbons (Fsp3) is 0.250. The molecule has 1 aromatic carbocycles. The quantitative estimate of drug-likeness (QED) is 0.873. The van der Waals surface area contributed by atoms with Crippen LogP contribution in [0.3, 0.4) is 0 Å². The molecule has 0 spiro atoms. The Morgan fingerprint density at radius 3 is 2.85 bits per heavy atom. The highest BCUT2D eigenvalue weighted by molar-refractivity contribution is 5.78. The first-order valence-electron chi connectivity index (χ1n) is 6.57. The van der Waals surface area contributed by atoms with Crippen molar-refractivity contribution in [1.82, 2.24) is 10.3 Å². The van der Waals surface area contributed by atoms with E-state index < -0.39 is 0 Å². The normalized spacial score (nSPS) is 10.1. The lowest BCUT2D eigenvalue weighted by molar-refractivity contribution is -0.120. The zero-order valence-electron chi connectivity index (χ0n) is 11.5. The van der Waals surface area contributed by atoms with Crippen molar-refractivity contribution in [2.75, 3.05) is 13.7 Å². The Morgan fingerprint density at radius 2 is 2.10 bits per heavy atom. The number of nitrogens with one attached hydrogen (secondary N) is 1. The van der Waals surface area contributed by atoms with E-state index in [2.05, 4.69) is 10.3 Å². The summed E-state index contributed by atoms with van der Waals surface area (Å²) in [6, 6.07) is 11.6. The van der Waals surface area contributed by atoms with E-state index in [1.807, 2.05) is 36.4 Å². The minimum absolute atomic E-state index is 0.00731. The molecule has 0 aliphatic heterocycles. The molecule has 2 rings (SSSR count). The SMILES string of the molecule is COc1ccccc1CCNC(=O)Cc1cccnc1. The highest BCUT2D eigenvalue weighted by atomic mass is 16.5. The van der Waals surface area contributed by atoms with E-state index in [1.54, 1.807) is 19.5 Å². The number of pyridine rings is 1. The molecular weight excluding hydrogens is 252 g/mol. The summed E-state index contributed by atoms with van der Waals surface area (Å²) in [4.78, 5) is 15.8. The molecule has 0 radical (unpaired) electrons. The largest absolute Gasteiger partial charge is 0.496 e. The van der Waals surface area contributed by atoms with E-state index >= 15 is 0 Å². The molecule has 2 aromatic rings. The molecule has 0 unspecified atom stereocenters. The van der Waals surface area contributed by atoms with Crippen LogP contribution in [0.25, 0.3) is 0 Å². The van der Waals surface area contributed by atoms with Gasteiger partial charge in [0.2, 0.25) is 5.91 Å². The monoisotopic (exact) mass is 270 g/mol. The third kappa shape index (κ3) is 4.09. The Kier molecular flexibility index (Phi) is 5.12. The summed E-state index contributed by atoms with van der Waals surface area (Å²) in [7, 11) is 1.65. The lowest BCUT2D eigenvalue weighted by atomic mass is 10.1. The molecule has 0 aliphatic rings. The first kappa shape index (κ1) is 14.1. The van der Waals surface area contributed by atoms with Gasteiger partial charge in [0.15, 0.2) is 0 Å². The number of hydrogen-bond acceptors (Lipinski definition) is 3. The molecule has 0 saturated heterocycles. The number of carbonyl (C=O) groups excluding carboxylic acids is 1. The van der Waals surface area contributed by atoms with Crippen LogP contribution in [0.5, 0.6) is 5.75 Å². The minimum atomic E-state index is 0.00731. The minimum Gasteiger partial charge on any atom is -0.496 e. The van der Waals surface area contributed by atoms with Gasteiger partial charge in [0.25, 0.3) is 0 Å². The zero-order chi connectivity index (χ0) is 14.2. The Morgan fingerprint density at radius 1 is 1.25 bits per heavy atom. The van der Waals surface area contributed by atoms with Crippen molar-refractivity contribution >= 4 is 5.91 Å². The third-order valence-electron chi connectivity index (χ3n) is 3.00. The molecule has 4 nitrogen and oxygen atoms in total. The summed E-state index contributed by atoms with van der Waals surface area (Å²) in [6.45, 7) is 0.597. The number of aromatic nitrogens is 1. The molecule has 104 valence electrons. The van der Waals surface area contributed by atoms with Crippen LogP contribution in [0, 0.1) is 0 Å². The Bertz CT molecular complexity index is 555. The first-order valence-corrected chi connectivity index (χ1v) is 6.57. The van der Waals surface area contributed by atoms with E-state index in [-0.39, 0.29) is 5.91 Å². The summed E-state index contributed by atoms with van der Waals surface area (Å²) in [6.07, 6.45) is 4.52. The van der Waals surface area contributed by atoms with Crippen molar-refractivity contribution in [3.63, 3.8) is 0 Å². The van der Waals surface area contributed by atoms with Crippen LogP contribution in [0.15, 0.2) is 48.8 Å². The molecule has 0 fully saturated rings. The van der Waals surface area contributed by atoms with Crippen LogP contribution in [0.1, 0.15) is 11.1 Å². The zero-order valence-corrected chi connectivity index (χ0v) is 11.5. The van der Waals surface area contributed by atoms with Gasteiger partial charge in [-0.05, 0) is 29.7 Å². The van der Waals surface area contributed by atoms with Crippen molar-refractivity contribution < 1.29 is 9.53 Å². The van der Waals surface area contributed by atoms with Crippen molar-refractivity contribution in [3.8, 4) is 5.75 Å². The van der Waals surface area contributed by atoms with Crippen molar-refractivity contribution in [1.29, 1.82) is 0 Å². The molecular formula is C16H18N2O2. The molecule has 1 amide bonds. The summed E-state index contributed by atoms with van der Waals surface area (Å²) in [5, 5.41) is 2.91. The number of amides is 1. The number of nitrogens with zero attached hydrogens (tertiary/aromatic N) is 1. The van der Waals surface area contributed by atoms with E-state index in [0.29, 0.717) is 13.0 Å². The number of carbonyl (C=O) groups is 1. The summed E-state index contributed by atoms with van der Waals surface area (Å²) in [5.41, 5.74) is 2.01. The Balaban J connectivity index is 1.79. The second-order valence-electron chi connectivity index (χ2n) is 4.45. The van der Waals surface area contributed by atoms with Gasteiger partial charge in [0, 0.05) is 18.9 Å². The fourth-order valence-electron chi connectivity index (χ4n) is 2.00. The summed E-state index contributed by atoms with van der Waals surface area (Å²) < 4.78 is 5.28. The number of para-hydroxylation sites is 1. The molecule has 0 atom stereocenters. The van der Waals surface area contributed by atoms with E-state index in [9.17, 15) is 4.79 Å². The maximum Gasteiger partial charge on any atom is 0.224 e. The van der Waals surface area contributed by atoms with Gasteiger partial charge in [0.1, 0.15) is 5.75 Å². The van der Waals surface area contributed by atoms with Gasteiger partial charge in [0.05, 0.1) is 13.5 Å². The maximum atomic E-state index is 11.8. The molecule has 1 aromatic heterocycles. The third-order valence-corrected chi connectivity index (χ3v) is 3.00. The van der Waals surface area contributed by atoms with Gasteiger partial charge in [-0.3, -0.25) is 9.78 Å². The molecule has 4 heteroatoms. The molecule has 20 heavy (non-hydrogen) atoms.